The van der Waals surface area contributed by atoms with Gasteiger partial charge in [-0.1, -0.05) is 20.3 Å². The first kappa shape index (κ1) is 14.3. The van der Waals surface area contributed by atoms with Crippen LogP contribution in [-0.4, -0.2) is 32.8 Å². The molecule has 4 heteroatoms. The fraction of sp³-hybridized carbons (Fsp3) is 0.923. The van der Waals surface area contributed by atoms with E-state index in [-0.39, 0.29) is 0 Å². The van der Waals surface area contributed by atoms with Gasteiger partial charge in [-0.15, -0.1) is 0 Å². The van der Waals surface area contributed by atoms with Crippen LogP contribution in [-0.2, 0) is 4.74 Å². The molecule has 0 spiro atoms. The lowest BCUT2D eigenvalue weighted by Crippen LogP contribution is -2.38. The van der Waals surface area contributed by atoms with Gasteiger partial charge in [-0.25, -0.2) is 0 Å². The van der Waals surface area contributed by atoms with Crippen LogP contribution in [0.5, 0.6) is 0 Å². The van der Waals surface area contributed by atoms with Gasteiger partial charge in [-0.3, -0.25) is 4.99 Å². The highest BCUT2D eigenvalue weighted by Crippen LogP contribution is 2.44. The monoisotopic (exact) mass is 241 g/mol. The molecule has 0 aromatic heterocycles. The van der Waals surface area contributed by atoms with Crippen LogP contribution in [0.25, 0.3) is 0 Å². The number of aliphatic imine (C=N–C) groups is 1. The maximum atomic E-state index is 5.84. The first-order chi connectivity index (χ1) is 8.08. The van der Waals surface area contributed by atoms with Gasteiger partial charge in [0.15, 0.2) is 5.96 Å². The van der Waals surface area contributed by atoms with Crippen molar-refractivity contribution in [3.63, 3.8) is 0 Å². The van der Waals surface area contributed by atoms with Gasteiger partial charge in [0.2, 0.25) is 0 Å². The molecule has 17 heavy (non-hydrogen) atoms. The number of nitrogens with zero attached hydrogens (tertiary/aromatic N) is 1. The molecule has 0 unspecified atom stereocenters. The van der Waals surface area contributed by atoms with Crippen molar-refractivity contribution in [3.8, 4) is 0 Å². The van der Waals surface area contributed by atoms with E-state index in [2.05, 4.69) is 24.2 Å². The molecule has 0 heterocycles. The van der Waals surface area contributed by atoms with Gasteiger partial charge in [0.25, 0.3) is 0 Å². The first-order valence-electron chi connectivity index (χ1n) is 6.61. The number of nitrogens with one attached hydrogen (secondary N) is 1. The van der Waals surface area contributed by atoms with Crippen LogP contribution < -0.4 is 11.1 Å². The van der Waals surface area contributed by atoms with E-state index in [1.807, 2.05) is 0 Å². The van der Waals surface area contributed by atoms with Crippen LogP contribution in [0.1, 0.15) is 39.5 Å². The lowest BCUT2D eigenvalue weighted by molar-refractivity contribution is 0.0779. The average molecular weight is 241 g/mol. The average Bonchev–Trinajstić information content (AvgIpc) is 2.24. The molecule has 1 rings (SSSR count). The summed E-state index contributed by atoms with van der Waals surface area (Å²) < 4.78 is 5.16. The molecule has 1 fully saturated rings. The first-order valence-corrected chi connectivity index (χ1v) is 6.61. The third kappa shape index (κ3) is 4.94. The number of hydrogen-bond donors (Lipinski definition) is 2. The Morgan fingerprint density at radius 3 is 2.65 bits per heavy atom. The van der Waals surface area contributed by atoms with Gasteiger partial charge < -0.3 is 15.8 Å². The number of methoxy groups -OCH3 is 1. The van der Waals surface area contributed by atoms with E-state index in [1.54, 1.807) is 7.11 Å². The zero-order valence-electron chi connectivity index (χ0n) is 11.5. The Morgan fingerprint density at radius 1 is 1.47 bits per heavy atom. The zero-order valence-corrected chi connectivity index (χ0v) is 11.5. The molecule has 0 saturated heterocycles. The Kier molecular flexibility index (Phi) is 5.75. The van der Waals surface area contributed by atoms with Gasteiger partial charge in [0, 0.05) is 26.8 Å². The van der Waals surface area contributed by atoms with Crippen molar-refractivity contribution >= 4 is 5.96 Å². The van der Waals surface area contributed by atoms with Crippen molar-refractivity contribution in [3.05, 3.63) is 0 Å². The molecular weight excluding hydrogens is 214 g/mol. The Hall–Kier alpha value is -0.770. The smallest absolute Gasteiger partial charge is 0.188 e. The van der Waals surface area contributed by atoms with Crippen molar-refractivity contribution in [1.82, 2.24) is 5.32 Å². The van der Waals surface area contributed by atoms with Gasteiger partial charge in [-0.2, -0.15) is 0 Å². The SMILES string of the molecule is COCCC1(CN=C(N)NCC(C)C)CCC1. The Bertz CT molecular complexity index is 247. The predicted molar refractivity (Wildman–Crippen MR) is 72.1 cm³/mol. The molecule has 0 aliphatic heterocycles. The van der Waals surface area contributed by atoms with Crippen LogP contribution in [0.2, 0.25) is 0 Å². The van der Waals surface area contributed by atoms with Crippen LogP contribution in [0.15, 0.2) is 4.99 Å². The number of rotatable bonds is 7. The normalized spacial score (nSPS) is 19.2. The van der Waals surface area contributed by atoms with E-state index in [9.17, 15) is 0 Å². The highest BCUT2D eigenvalue weighted by molar-refractivity contribution is 5.77. The second kappa shape index (κ2) is 6.84. The minimum absolute atomic E-state index is 0.361. The van der Waals surface area contributed by atoms with Crippen molar-refractivity contribution in [2.75, 3.05) is 26.8 Å². The predicted octanol–water partition coefficient (Wildman–Crippen LogP) is 1.75. The van der Waals surface area contributed by atoms with Gasteiger partial charge in [0.05, 0.1) is 0 Å². The van der Waals surface area contributed by atoms with Crippen molar-refractivity contribution in [2.24, 2.45) is 22.1 Å². The molecule has 0 bridgehead atoms. The highest BCUT2D eigenvalue weighted by Gasteiger charge is 2.36. The number of hydrogen-bond acceptors (Lipinski definition) is 2. The third-order valence-electron chi connectivity index (χ3n) is 3.53. The summed E-state index contributed by atoms with van der Waals surface area (Å²) in [6.45, 7) is 6.88. The summed E-state index contributed by atoms with van der Waals surface area (Å²) in [7, 11) is 1.76. The molecule has 100 valence electrons. The molecule has 1 aliphatic rings. The third-order valence-corrected chi connectivity index (χ3v) is 3.53. The number of ether oxygens (including phenoxy) is 1. The van der Waals surface area contributed by atoms with Crippen molar-refractivity contribution in [2.45, 2.75) is 39.5 Å². The lowest BCUT2D eigenvalue weighted by Gasteiger charge is -2.40. The number of nitrogens with two attached hydrogens (primary N) is 1. The molecule has 0 atom stereocenters. The minimum Gasteiger partial charge on any atom is -0.385 e. The second-order valence-corrected chi connectivity index (χ2v) is 5.57. The second-order valence-electron chi connectivity index (χ2n) is 5.57. The van der Waals surface area contributed by atoms with E-state index < -0.39 is 0 Å². The molecule has 0 aromatic rings. The summed E-state index contributed by atoms with van der Waals surface area (Å²) in [6, 6.07) is 0. The maximum absolute atomic E-state index is 5.84. The zero-order chi connectivity index (χ0) is 12.7. The van der Waals surface area contributed by atoms with E-state index in [1.165, 1.54) is 19.3 Å². The standard InChI is InChI=1S/C13H27N3O/c1-11(2)9-15-12(14)16-10-13(5-4-6-13)7-8-17-3/h11H,4-10H2,1-3H3,(H3,14,15,16). The molecule has 1 aliphatic carbocycles. The molecule has 3 N–H and O–H groups in total. The molecule has 0 aromatic carbocycles. The van der Waals surface area contributed by atoms with Gasteiger partial charge in [-0.05, 0) is 30.6 Å². The topological polar surface area (TPSA) is 59.6 Å². The van der Waals surface area contributed by atoms with E-state index in [0.29, 0.717) is 17.3 Å². The van der Waals surface area contributed by atoms with E-state index >= 15 is 0 Å². The van der Waals surface area contributed by atoms with E-state index in [4.69, 9.17) is 10.5 Å². The summed E-state index contributed by atoms with van der Waals surface area (Å²) in [4.78, 5) is 4.47. The molecule has 1 saturated carbocycles. The van der Waals surface area contributed by atoms with Crippen LogP contribution in [0, 0.1) is 11.3 Å². The van der Waals surface area contributed by atoms with Crippen molar-refractivity contribution in [1.29, 1.82) is 0 Å². The summed E-state index contributed by atoms with van der Waals surface area (Å²) in [5.74, 6) is 1.18. The molecule has 0 radical (unpaired) electrons. The molecule has 0 amide bonds. The summed E-state index contributed by atoms with van der Waals surface area (Å²) in [5.41, 5.74) is 6.21. The largest absolute Gasteiger partial charge is 0.385 e. The maximum Gasteiger partial charge on any atom is 0.188 e. The Labute approximate surface area is 105 Å². The summed E-state index contributed by atoms with van der Waals surface area (Å²) in [5, 5.41) is 3.16. The van der Waals surface area contributed by atoms with Crippen LogP contribution in [0.3, 0.4) is 0 Å². The highest BCUT2D eigenvalue weighted by atomic mass is 16.5. The molecule has 4 nitrogen and oxygen atoms in total. The van der Waals surface area contributed by atoms with E-state index in [0.717, 1.165) is 26.1 Å². The quantitative estimate of drug-likeness (QED) is 0.527. The Morgan fingerprint density at radius 2 is 2.18 bits per heavy atom. The lowest BCUT2D eigenvalue weighted by atomic mass is 9.67. The minimum atomic E-state index is 0.361. The van der Waals surface area contributed by atoms with Gasteiger partial charge >= 0.3 is 0 Å². The van der Waals surface area contributed by atoms with Crippen molar-refractivity contribution < 1.29 is 4.74 Å². The van der Waals surface area contributed by atoms with Crippen LogP contribution >= 0.6 is 0 Å². The molecular formula is C13H27N3O. The summed E-state index contributed by atoms with van der Waals surface area (Å²) in [6.07, 6.45) is 4.94. The Balaban J connectivity index is 2.32. The summed E-state index contributed by atoms with van der Waals surface area (Å²) >= 11 is 0. The van der Waals surface area contributed by atoms with Crippen LogP contribution in [0.4, 0.5) is 0 Å². The fourth-order valence-corrected chi connectivity index (χ4v) is 2.10. The number of guanidine groups is 1. The fourth-order valence-electron chi connectivity index (χ4n) is 2.10. The van der Waals surface area contributed by atoms with Gasteiger partial charge in [0.1, 0.15) is 0 Å².